The maximum absolute atomic E-state index is 12.9. The minimum Gasteiger partial charge on any atom is -0.480 e. The van der Waals surface area contributed by atoms with Crippen LogP contribution in [0.4, 0.5) is 0 Å². The number of nitrogens with one attached hydrogen (secondary N) is 1. The van der Waals surface area contributed by atoms with Crippen molar-refractivity contribution in [1.29, 1.82) is 0 Å². The van der Waals surface area contributed by atoms with Crippen LogP contribution in [0.15, 0.2) is 0 Å². The fraction of sp³-hybridized carbons (Fsp3) is 0.857. The van der Waals surface area contributed by atoms with Crippen molar-refractivity contribution in [2.24, 2.45) is 5.41 Å². The Hall–Kier alpha value is -1.14. The Morgan fingerprint density at radius 3 is 2.65 bits per heavy atom. The molecule has 114 valence electrons. The number of amides is 1. The summed E-state index contributed by atoms with van der Waals surface area (Å²) < 4.78 is 5.27. The molecule has 1 atom stereocenters. The Morgan fingerprint density at radius 2 is 2.05 bits per heavy atom. The highest BCUT2D eigenvalue weighted by atomic mass is 16.5. The fourth-order valence-electron chi connectivity index (χ4n) is 3.34. The predicted octanol–water partition coefficient (Wildman–Crippen LogP) is 0.468. The molecule has 6 nitrogen and oxygen atoms in total. The van der Waals surface area contributed by atoms with Crippen molar-refractivity contribution in [2.75, 3.05) is 33.4 Å². The van der Waals surface area contributed by atoms with Gasteiger partial charge in [-0.15, -0.1) is 0 Å². The van der Waals surface area contributed by atoms with Gasteiger partial charge in [0.25, 0.3) is 0 Å². The monoisotopic (exact) mass is 284 g/mol. The molecule has 0 bridgehead atoms. The maximum Gasteiger partial charge on any atom is 0.326 e. The first-order valence-corrected chi connectivity index (χ1v) is 7.34. The predicted molar refractivity (Wildman–Crippen MR) is 73.4 cm³/mol. The van der Waals surface area contributed by atoms with Crippen LogP contribution in [0.25, 0.3) is 0 Å². The summed E-state index contributed by atoms with van der Waals surface area (Å²) in [5.74, 6) is -0.924. The average Bonchev–Trinajstić information content (AvgIpc) is 2.47. The molecule has 1 amide bonds. The molecule has 2 heterocycles. The van der Waals surface area contributed by atoms with Gasteiger partial charge in [0.15, 0.2) is 0 Å². The highest BCUT2D eigenvalue weighted by Crippen LogP contribution is 2.34. The quantitative estimate of drug-likeness (QED) is 0.784. The van der Waals surface area contributed by atoms with Crippen molar-refractivity contribution in [1.82, 2.24) is 10.2 Å². The van der Waals surface area contributed by atoms with E-state index in [0.29, 0.717) is 32.4 Å². The number of piperidine rings is 2. The van der Waals surface area contributed by atoms with E-state index in [-0.39, 0.29) is 5.91 Å². The largest absolute Gasteiger partial charge is 0.480 e. The number of carboxylic acids is 1. The number of methoxy groups -OCH3 is 1. The molecule has 2 N–H and O–H groups in total. The minimum absolute atomic E-state index is 0.0343. The van der Waals surface area contributed by atoms with Crippen molar-refractivity contribution in [3.8, 4) is 0 Å². The summed E-state index contributed by atoms with van der Waals surface area (Å²) in [7, 11) is 1.60. The van der Waals surface area contributed by atoms with Gasteiger partial charge in [-0.05, 0) is 45.2 Å². The summed E-state index contributed by atoms with van der Waals surface area (Å²) in [5, 5.41) is 12.6. The topological polar surface area (TPSA) is 78.9 Å². The Kier molecular flexibility index (Phi) is 4.99. The van der Waals surface area contributed by atoms with Gasteiger partial charge >= 0.3 is 5.97 Å². The normalized spacial score (nSPS) is 26.2. The van der Waals surface area contributed by atoms with Crippen LogP contribution >= 0.6 is 0 Å². The summed E-state index contributed by atoms with van der Waals surface area (Å²) in [6.45, 7) is 2.48. The number of hydrogen-bond acceptors (Lipinski definition) is 4. The molecule has 6 heteroatoms. The molecule has 0 radical (unpaired) electrons. The maximum atomic E-state index is 12.9. The van der Waals surface area contributed by atoms with Crippen LogP contribution in [-0.2, 0) is 14.3 Å². The van der Waals surface area contributed by atoms with Gasteiger partial charge in [0.2, 0.25) is 5.91 Å². The second-order valence-corrected chi connectivity index (χ2v) is 5.81. The van der Waals surface area contributed by atoms with Crippen LogP contribution < -0.4 is 5.32 Å². The number of hydrogen-bond donors (Lipinski definition) is 2. The smallest absolute Gasteiger partial charge is 0.326 e. The minimum atomic E-state index is -0.889. The summed E-state index contributed by atoms with van der Waals surface area (Å²) in [5.41, 5.74) is -0.551. The molecule has 0 unspecified atom stereocenters. The van der Waals surface area contributed by atoms with Crippen molar-refractivity contribution < 1.29 is 19.4 Å². The van der Waals surface area contributed by atoms with E-state index >= 15 is 0 Å². The van der Waals surface area contributed by atoms with Crippen molar-refractivity contribution in [3.63, 3.8) is 0 Å². The first-order chi connectivity index (χ1) is 9.60. The first kappa shape index (κ1) is 15.3. The van der Waals surface area contributed by atoms with Crippen molar-refractivity contribution >= 4 is 11.9 Å². The molecule has 0 spiro atoms. The molecule has 2 aliphatic rings. The Bertz CT molecular complexity index is 361. The molecule has 0 aromatic rings. The number of nitrogens with zero attached hydrogens (tertiary/aromatic N) is 1. The summed E-state index contributed by atoms with van der Waals surface area (Å²) in [6, 6.07) is -0.667. The molecule has 20 heavy (non-hydrogen) atoms. The molecule has 2 aliphatic heterocycles. The number of carbonyl (C=O) groups excluding carboxylic acids is 1. The first-order valence-electron chi connectivity index (χ1n) is 7.34. The highest BCUT2D eigenvalue weighted by molar-refractivity contribution is 5.88. The lowest BCUT2D eigenvalue weighted by Crippen LogP contribution is -2.57. The van der Waals surface area contributed by atoms with Crippen LogP contribution in [0.3, 0.4) is 0 Å². The molecule has 0 aliphatic carbocycles. The second kappa shape index (κ2) is 6.54. The van der Waals surface area contributed by atoms with Crippen LogP contribution in [0.5, 0.6) is 0 Å². The summed E-state index contributed by atoms with van der Waals surface area (Å²) >= 11 is 0. The lowest BCUT2D eigenvalue weighted by molar-refractivity contribution is -0.160. The number of likely N-dealkylation sites (tertiary alicyclic amines) is 1. The van der Waals surface area contributed by atoms with Crippen molar-refractivity contribution in [3.05, 3.63) is 0 Å². The third-order valence-corrected chi connectivity index (χ3v) is 4.48. The van der Waals surface area contributed by atoms with E-state index in [1.807, 2.05) is 0 Å². The van der Waals surface area contributed by atoms with E-state index in [1.165, 1.54) is 0 Å². The SMILES string of the molecule is COCC1(C(=O)N2CCCC[C@@H]2C(=O)O)CCNCC1. The van der Waals surface area contributed by atoms with Crippen LogP contribution in [-0.4, -0.2) is 61.3 Å². The Balaban J connectivity index is 2.18. The van der Waals surface area contributed by atoms with E-state index in [0.717, 1.165) is 25.9 Å². The number of ether oxygens (including phenoxy) is 1. The lowest BCUT2D eigenvalue weighted by atomic mass is 9.77. The fourth-order valence-corrected chi connectivity index (χ4v) is 3.34. The molecule has 0 aromatic heterocycles. The number of carbonyl (C=O) groups is 2. The zero-order valence-electron chi connectivity index (χ0n) is 12.1. The second-order valence-electron chi connectivity index (χ2n) is 5.81. The van der Waals surface area contributed by atoms with Gasteiger partial charge in [-0.3, -0.25) is 4.79 Å². The molecule has 2 rings (SSSR count). The molecular formula is C14H24N2O4. The molecular weight excluding hydrogens is 260 g/mol. The highest BCUT2D eigenvalue weighted by Gasteiger charge is 2.45. The van der Waals surface area contributed by atoms with Crippen molar-refractivity contribution in [2.45, 2.75) is 38.1 Å². The molecule has 2 fully saturated rings. The third kappa shape index (κ3) is 2.96. The van der Waals surface area contributed by atoms with E-state index < -0.39 is 17.4 Å². The Labute approximate surface area is 119 Å². The number of carboxylic acid groups (broad SMARTS) is 1. The van der Waals surface area contributed by atoms with Gasteiger partial charge in [0, 0.05) is 13.7 Å². The van der Waals surface area contributed by atoms with Gasteiger partial charge in [-0.25, -0.2) is 4.79 Å². The van der Waals surface area contributed by atoms with Crippen LogP contribution in [0.2, 0.25) is 0 Å². The van der Waals surface area contributed by atoms with Gasteiger partial charge in [0.1, 0.15) is 6.04 Å². The molecule has 2 saturated heterocycles. The van der Waals surface area contributed by atoms with Gasteiger partial charge < -0.3 is 20.1 Å². The summed E-state index contributed by atoms with van der Waals surface area (Å²) in [6.07, 6.45) is 3.74. The van der Waals surface area contributed by atoms with Crippen LogP contribution in [0.1, 0.15) is 32.1 Å². The number of aliphatic carboxylic acids is 1. The zero-order chi connectivity index (χ0) is 14.6. The van der Waals surface area contributed by atoms with Gasteiger partial charge in [-0.2, -0.15) is 0 Å². The van der Waals surface area contributed by atoms with E-state index in [9.17, 15) is 14.7 Å². The van der Waals surface area contributed by atoms with Crippen LogP contribution in [0, 0.1) is 5.41 Å². The van der Waals surface area contributed by atoms with E-state index in [4.69, 9.17) is 4.74 Å². The van der Waals surface area contributed by atoms with E-state index in [2.05, 4.69) is 5.32 Å². The van der Waals surface area contributed by atoms with E-state index in [1.54, 1.807) is 12.0 Å². The number of rotatable bonds is 4. The lowest BCUT2D eigenvalue weighted by Gasteiger charge is -2.43. The third-order valence-electron chi connectivity index (χ3n) is 4.48. The molecule has 0 saturated carbocycles. The van der Waals surface area contributed by atoms with Gasteiger partial charge in [-0.1, -0.05) is 0 Å². The van der Waals surface area contributed by atoms with Gasteiger partial charge in [0.05, 0.1) is 12.0 Å². The zero-order valence-corrected chi connectivity index (χ0v) is 12.1. The Morgan fingerprint density at radius 1 is 1.35 bits per heavy atom. The standard InChI is InChI=1S/C14H24N2O4/c1-20-10-14(5-7-15-8-6-14)13(19)16-9-3-2-4-11(16)12(17)18/h11,15H,2-10H2,1H3,(H,17,18)/t11-/m1/s1. The average molecular weight is 284 g/mol. The molecule has 0 aromatic carbocycles. The summed E-state index contributed by atoms with van der Waals surface area (Å²) in [4.78, 5) is 25.9.